The Labute approximate surface area is 198 Å². The number of ether oxygens (including phenoxy) is 4. The van der Waals surface area contributed by atoms with E-state index in [9.17, 15) is 9.59 Å². The minimum atomic E-state index is -0.490. The molecule has 0 bridgehead atoms. The van der Waals surface area contributed by atoms with Gasteiger partial charge < -0.3 is 23.5 Å². The lowest BCUT2D eigenvalue weighted by Gasteiger charge is -2.09. The second kappa shape index (κ2) is 9.40. The minimum Gasteiger partial charge on any atom is -0.465 e. The fraction of sp³-hybridized carbons (Fsp3) is 0.160. The van der Waals surface area contributed by atoms with Crippen LogP contribution in [0.4, 0.5) is 0 Å². The van der Waals surface area contributed by atoms with Gasteiger partial charge in [0.2, 0.25) is 6.79 Å². The van der Waals surface area contributed by atoms with Gasteiger partial charge in [-0.25, -0.2) is 0 Å². The van der Waals surface area contributed by atoms with Gasteiger partial charge in [0.25, 0.3) is 5.91 Å². The smallest absolute Gasteiger partial charge is 0.326 e. The molecule has 1 amide bonds. The summed E-state index contributed by atoms with van der Waals surface area (Å²) in [6, 6.07) is 19.7. The Hall–Kier alpha value is -4.11. The second-order valence-electron chi connectivity index (χ2n) is 7.28. The maximum Gasteiger partial charge on any atom is 0.326 e. The summed E-state index contributed by atoms with van der Waals surface area (Å²) in [4.78, 5) is 30.3. The molecule has 5 rings (SSSR count). The van der Waals surface area contributed by atoms with Gasteiger partial charge in [-0.3, -0.25) is 9.59 Å². The maximum atomic E-state index is 13.2. The van der Waals surface area contributed by atoms with Gasteiger partial charge in [-0.2, -0.15) is 4.99 Å². The number of carbonyl (C=O) groups is 2. The van der Waals surface area contributed by atoms with Crippen LogP contribution < -0.4 is 19.0 Å². The molecule has 4 aromatic rings. The summed E-state index contributed by atoms with van der Waals surface area (Å²) in [6.07, 6.45) is 0. The Morgan fingerprint density at radius 1 is 1.03 bits per heavy atom. The van der Waals surface area contributed by atoms with Crippen molar-refractivity contribution in [1.82, 2.24) is 4.57 Å². The number of para-hydroxylation sites is 2. The lowest BCUT2D eigenvalue weighted by atomic mass is 10.2. The Balaban J connectivity index is 1.57. The van der Waals surface area contributed by atoms with E-state index in [1.54, 1.807) is 54.0 Å². The van der Waals surface area contributed by atoms with Crippen LogP contribution in [0.25, 0.3) is 10.2 Å². The predicted molar refractivity (Wildman–Crippen MR) is 125 cm³/mol. The van der Waals surface area contributed by atoms with Crippen LogP contribution in [0, 0.1) is 0 Å². The van der Waals surface area contributed by atoms with Crippen molar-refractivity contribution in [2.45, 2.75) is 13.5 Å². The molecule has 0 spiro atoms. The fourth-order valence-electron chi connectivity index (χ4n) is 3.53. The molecule has 1 aliphatic heterocycles. The molecule has 0 fully saturated rings. The van der Waals surface area contributed by atoms with Crippen molar-refractivity contribution in [3.05, 3.63) is 77.1 Å². The van der Waals surface area contributed by atoms with E-state index < -0.39 is 11.9 Å². The number of hydrogen-bond donors (Lipinski definition) is 0. The van der Waals surface area contributed by atoms with Crippen molar-refractivity contribution >= 4 is 33.4 Å². The molecule has 1 aliphatic rings. The Morgan fingerprint density at radius 3 is 2.56 bits per heavy atom. The highest BCUT2D eigenvalue weighted by Gasteiger charge is 2.20. The summed E-state index contributed by atoms with van der Waals surface area (Å²) in [5, 5.41) is 0. The van der Waals surface area contributed by atoms with E-state index in [1.165, 1.54) is 11.3 Å². The van der Waals surface area contributed by atoms with Gasteiger partial charge in [0.1, 0.15) is 18.0 Å². The average molecular weight is 477 g/mol. The zero-order valence-electron chi connectivity index (χ0n) is 18.2. The second-order valence-corrected chi connectivity index (χ2v) is 8.29. The SMILES string of the molecule is CCOC(=O)Cn1c(=NC(=O)c2ccccc2Oc2ccccc2)sc2cc3c(cc21)OCO3. The molecule has 0 radical (unpaired) electrons. The van der Waals surface area contributed by atoms with E-state index in [4.69, 9.17) is 18.9 Å². The van der Waals surface area contributed by atoms with Gasteiger partial charge in [-0.15, -0.1) is 0 Å². The maximum absolute atomic E-state index is 13.2. The van der Waals surface area contributed by atoms with Crippen molar-refractivity contribution in [2.75, 3.05) is 13.4 Å². The third-order valence-corrected chi connectivity index (χ3v) is 6.10. The van der Waals surface area contributed by atoms with Crippen molar-refractivity contribution in [1.29, 1.82) is 0 Å². The molecule has 0 atom stereocenters. The van der Waals surface area contributed by atoms with E-state index in [1.807, 2.05) is 24.3 Å². The highest BCUT2D eigenvalue weighted by Crippen LogP contribution is 2.37. The Kier molecular flexibility index (Phi) is 6.01. The molecule has 0 saturated carbocycles. The summed E-state index contributed by atoms with van der Waals surface area (Å²) in [7, 11) is 0. The van der Waals surface area contributed by atoms with Crippen molar-refractivity contribution < 1.29 is 28.5 Å². The van der Waals surface area contributed by atoms with Gasteiger partial charge in [-0.05, 0) is 31.2 Å². The molecule has 34 heavy (non-hydrogen) atoms. The molecule has 0 saturated heterocycles. The van der Waals surface area contributed by atoms with Gasteiger partial charge in [0.05, 0.1) is 22.4 Å². The Morgan fingerprint density at radius 2 is 1.76 bits per heavy atom. The molecule has 2 heterocycles. The summed E-state index contributed by atoms with van der Waals surface area (Å²) in [5.74, 6) is 1.26. The number of benzene rings is 3. The van der Waals surface area contributed by atoms with Crippen molar-refractivity contribution in [3.63, 3.8) is 0 Å². The number of nitrogens with zero attached hydrogens (tertiary/aromatic N) is 2. The fourth-order valence-corrected chi connectivity index (χ4v) is 4.57. The molecule has 1 aromatic heterocycles. The number of aromatic nitrogens is 1. The van der Waals surface area contributed by atoms with E-state index in [0.29, 0.717) is 38.9 Å². The molecule has 0 N–H and O–H groups in total. The number of thiazole rings is 1. The van der Waals surface area contributed by atoms with Crippen LogP contribution in [0.15, 0.2) is 71.7 Å². The zero-order valence-corrected chi connectivity index (χ0v) is 19.0. The molecular weight excluding hydrogens is 456 g/mol. The van der Waals surface area contributed by atoms with Gasteiger partial charge in [-0.1, -0.05) is 41.7 Å². The molecular formula is C25H20N2O6S. The van der Waals surface area contributed by atoms with Crippen LogP contribution in [0.3, 0.4) is 0 Å². The van der Waals surface area contributed by atoms with Gasteiger partial charge in [0, 0.05) is 12.1 Å². The van der Waals surface area contributed by atoms with Crippen molar-refractivity contribution in [3.8, 4) is 23.0 Å². The molecule has 9 heteroatoms. The normalized spacial score (nSPS) is 12.7. The monoisotopic (exact) mass is 476 g/mol. The highest BCUT2D eigenvalue weighted by atomic mass is 32.1. The lowest BCUT2D eigenvalue weighted by molar-refractivity contribution is -0.143. The van der Waals surface area contributed by atoms with E-state index in [0.717, 1.165) is 4.70 Å². The zero-order chi connectivity index (χ0) is 23.5. The number of hydrogen-bond acceptors (Lipinski definition) is 7. The lowest BCUT2D eigenvalue weighted by Crippen LogP contribution is -2.23. The standard InChI is InChI=1S/C25H20N2O6S/c1-2-30-23(28)14-27-18-12-20-21(32-15-31-20)13-22(18)34-25(27)26-24(29)17-10-6-7-11-19(17)33-16-8-4-3-5-9-16/h3-13H,2,14-15H2,1H3. The third kappa shape index (κ3) is 4.38. The quantitative estimate of drug-likeness (QED) is 0.380. The number of amides is 1. The summed E-state index contributed by atoms with van der Waals surface area (Å²) in [5.41, 5.74) is 1.00. The predicted octanol–water partition coefficient (Wildman–Crippen LogP) is 4.53. The molecule has 0 unspecified atom stereocenters. The van der Waals surface area contributed by atoms with Crippen molar-refractivity contribution in [2.24, 2.45) is 4.99 Å². The number of rotatable bonds is 6. The van der Waals surface area contributed by atoms with Crippen LogP contribution >= 0.6 is 11.3 Å². The number of fused-ring (bicyclic) bond motifs is 2. The van der Waals surface area contributed by atoms with Crippen LogP contribution in [-0.4, -0.2) is 29.8 Å². The summed E-state index contributed by atoms with van der Waals surface area (Å²) < 4.78 is 24.4. The first kappa shape index (κ1) is 21.7. The van der Waals surface area contributed by atoms with Crippen LogP contribution in [0.1, 0.15) is 17.3 Å². The first-order chi connectivity index (χ1) is 16.6. The third-order valence-electron chi connectivity index (χ3n) is 5.06. The van der Waals surface area contributed by atoms with Gasteiger partial charge in [0.15, 0.2) is 16.3 Å². The minimum absolute atomic E-state index is 0.0955. The molecule has 172 valence electrons. The Bertz CT molecular complexity index is 1440. The van der Waals surface area contributed by atoms with E-state index in [2.05, 4.69) is 4.99 Å². The van der Waals surface area contributed by atoms with E-state index in [-0.39, 0.29) is 19.9 Å². The van der Waals surface area contributed by atoms with E-state index >= 15 is 0 Å². The summed E-state index contributed by atoms with van der Waals surface area (Å²) in [6.45, 7) is 2.04. The van der Waals surface area contributed by atoms with Gasteiger partial charge >= 0.3 is 5.97 Å². The number of carbonyl (C=O) groups excluding carboxylic acids is 2. The van der Waals surface area contributed by atoms with Crippen LogP contribution in [0.2, 0.25) is 0 Å². The van der Waals surface area contributed by atoms with Crippen LogP contribution in [-0.2, 0) is 16.1 Å². The topological polar surface area (TPSA) is 88.4 Å². The first-order valence-electron chi connectivity index (χ1n) is 10.6. The summed E-state index contributed by atoms with van der Waals surface area (Å²) >= 11 is 1.27. The molecule has 3 aromatic carbocycles. The largest absolute Gasteiger partial charge is 0.465 e. The average Bonchev–Trinajstić information content (AvgIpc) is 3.42. The van der Waals surface area contributed by atoms with Crippen LogP contribution in [0.5, 0.6) is 23.0 Å². The highest BCUT2D eigenvalue weighted by molar-refractivity contribution is 7.16. The molecule has 8 nitrogen and oxygen atoms in total. The molecule has 0 aliphatic carbocycles. The first-order valence-corrected chi connectivity index (χ1v) is 11.4. The number of esters is 1.